The average molecular weight is 437 g/mol. The molecule has 7 heteroatoms. The number of hydrogen-bond acceptors (Lipinski definition) is 4. The van der Waals surface area contributed by atoms with E-state index >= 15 is 0 Å². The van der Waals surface area contributed by atoms with Crippen LogP contribution in [0.2, 0.25) is 0 Å². The lowest BCUT2D eigenvalue weighted by Crippen LogP contribution is -2.33. The minimum Gasteiger partial charge on any atom is -0.496 e. The smallest absolute Gasteiger partial charge is 0.407 e. The van der Waals surface area contributed by atoms with Crippen molar-refractivity contribution in [2.45, 2.75) is 19.8 Å². The number of methoxy groups -OCH3 is 3. The predicted octanol–water partition coefficient (Wildman–Crippen LogP) is 5.19. The zero-order chi connectivity index (χ0) is 22.8. The van der Waals surface area contributed by atoms with Crippen LogP contribution < -0.4 is 14.2 Å². The third-order valence-electron chi connectivity index (χ3n) is 6.08. The molecule has 0 aliphatic carbocycles. The highest BCUT2D eigenvalue weighted by molar-refractivity contribution is 5.95. The van der Waals surface area contributed by atoms with E-state index < -0.39 is 6.09 Å². The van der Waals surface area contributed by atoms with Gasteiger partial charge in [0, 0.05) is 46.9 Å². The average Bonchev–Trinajstić information content (AvgIpc) is 3.20. The fourth-order valence-electron chi connectivity index (χ4n) is 4.39. The van der Waals surface area contributed by atoms with Crippen molar-refractivity contribution in [3.05, 3.63) is 47.5 Å². The Kier molecular flexibility index (Phi) is 5.99. The summed E-state index contributed by atoms with van der Waals surface area (Å²) in [5, 5.41) is 10.4. The summed E-state index contributed by atoms with van der Waals surface area (Å²) < 4.78 is 16.6. The highest BCUT2D eigenvalue weighted by Crippen LogP contribution is 2.40. The van der Waals surface area contributed by atoms with Crippen LogP contribution in [-0.2, 0) is 6.42 Å². The summed E-state index contributed by atoms with van der Waals surface area (Å²) in [6.07, 6.45) is 2.60. The van der Waals surface area contributed by atoms with E-state index in [0.29, 0.717) is 31.0 Å². The van der Waals surface area contributed by atoms with Gasteiger partial charge in [-0.05, 0) is 48.2 Å². The molecule has 1 amide bonds. The number of carboxylic acid groups (broad SMARTS) is 1. The van der Waals surface area contributed by atoms with Gasteiger partial charge in [0.2, 0.25) is 0 Å². The summed E-state index contributed by atoms with van der Waals surface area (Å²) in [4.78, 5) is 16.2. The molecule has 0 radical (unpaired) electrons. The predicted molar refractivity (Wildman–Crippen MR) is 125 cm³/mol. The van der Waals surface area contributed by atoms with Gasteiger partial charge in [-0.3, -0.25) is 0 Å². The van der Waals surface area contributed by atoms with Gasteiger partial charge in [-0.1, -0.05) is 13.0 Å². The minimum absolute atomic E-state index is 0.385. The Bertz CT molecular complexity index is 1190. The molecule has 3 aromatic rings. The van der Waals surface area contributed by atoms with Crippen molar-refractivity contribution in [2.75, 3.05) is 34.4 Å². The molecule has 0 saturated carbocycles. The number of H-pyrrole nitrogens is 1. The van der Waals surface area contributed by atoms with E-state index in [-0.39, 0.29) is 0 Å². The monoisotopic (exact) mass is 436 g/mol. The number of benzene rings is 2. The molecule has 2 heterocycles. The quantitative estimate of drug-likeness (QED) is 0.556. The van der Waals surface area contributed by atoms with Gasteiger partial charge in [-0.2, -0.15) is 0 Å². The van der Waals surface area contributed by atoms with Crippen LogP contribution in [0.15, 0.2) is 36.4 Å². The van der Waals surface area contributed by atoms with Crippen LogP contribution in [0, 0.1) is 0 Å². The number of amides is 1. The summed E-state index contributed by atoms with van der Waals surface area (Å²) in [5.74, 6) is 2.14. The highest BCUT2D eigenvalue weighted by Gasteiger charge is 2.21. The molecule has 0 fully saturated rings. The van der Waals surface area contributed by atoms with Crippen molar-refractivity contribution >= 4 is 22.6 Å². The second kappa shape index (κ2) is 8.86. The Labute approximate surface area is 187 Å². The number of ether oxygens (including phenoxy) is 3. The molecule has 2 N–H and O–H groups in total. The maximum atomic E-state index is 11.3. The van der Waals surface area contributed by atoms with Crippen molar-refractivity contribution in [3.63, 3.8) is 0 Å². The first kappa shape index (κ1) is 21.6. The third kappa shape index (κ3) is 3.75. The molecule has 168 valence electrons. The van der Waals surface area contributed by atoms with Crippen LogP contribution in [0.3, 0.4) is 0 Å². The van der Waals surface area contributed by atoms with E-state index in [1.54, 1.807) is 21.3 Å². The van der Waals surface area contributed by atoms with Crippen LogP contribution in [0.5, 0.6) is 17.2 Å². The third-order valence-corrected chi connectivity index (χ3v) is 6.08. The van der Waals surface area contributed by atoms with Crippen LogP contribution in [0.1, 0.15) is 24.5 Å². The van der Waals surface area contributed by atoms with E-state index in [0.717, 1.165) is 45.5 Å². The molecule has 1 aliphatic heterocycles. The summed E-state index contributed by atoms with van der Waals surface area (Å²) >= 11 is 0. The number of rotatable bonds is 6. The first-order chi connectivity index (χ1) is 15.5. The normalized spacial score (nSPS) is 13.8. The number of fused-ring (bicyclic) bond motifs is 1. The van der Waals surface area contributed by atoms with E-state index in [1.165, 1.54) is 10.5 Å². The Morgan fingerprint density at radius 1 is 1.06 bits per heavy atom. The first-order valence-electron chi connectivity index (χ1n) is 10.6. The summed E-state index contributed by atoms with van der Waals surface area (Å²) in [7, 11) is 4.92. The van der Waals surface area contributed by atoms with Crippen LogP contribution >= 0.6 is 0 Å². The van der Waals surface area contributed by atoms with Gasteiger partial charge in [0.05, 0.1) is 21.3 Å². The molecule has 4 rings (SSSR count). The van der Waals surface area contributed by atoms with Gasteiger partial charge in [0.15, 0.2) is 11.5 Å². The summed E-state index contributed by atoms with van der Waals surface area (Å²) in [6.45, 7) is 3.00. The van der Waals surface area contributed by atoms with E-state index in [4.69, 9.17) is 14.2 Å². The largest absolute Gasteiger partial charge is 0.496 e. The van der Waals surface area contributed by atoms with E-state index in [1.807, 2.05) is 30.3 Å². The molecule has 1 aliphatic rings. The molecular weight excluding hydrogens is 408 g/mol. The molecule has 7 nitrogen and oxygen atoms in total. The second-order valence-electron chi connectivity index (χ2n) is 7.71. The fraction of sp³-hybridized carbons (Fsp3) is 0.320. The molecule has 32 heavy (non-hydrogen) atoms. The zero-order valence-electron chi connectivity index (χ0n) is 18.8. The number of aromatic nitrogens is 1. The van der Waals surface area contributed by atoms with E-state index in [2.05, 4.69) is 18.0 Å². The van der Waals surface area contributed by atoms with Gasteiger partial charge in [-0.25, -0.2) is 4.79 Å². The van der Waals surface area contributed by atoms with Crippen molar-refractivity contribution in [2.24, 2.45) is 0 Å². The lowest BCUT2D eigenvalue weighted by atomic mass is 9.95. The van der Waals surface area contributed by atoms with Gasteiger partial charge in [0.1, 0.15) is 5.75 Å². The SMILES string of the molecule is CCc1c(-c2ccc(OC)c(OC)c2)[nH]c2cc(OC)c(C3=CCN(C(=O)O)CC3)cc12. The number of nitrogens with zero attached hydrogens (tertiary/aromatic N) is 1. The Hall–Kier alpha value is -3.61. The Morgan fingerprint density at radius 2 is 1.81 bits per heavy atom. The van der Waals surface area contributed by atoms with Gasteiger partial charge < -0.3 is 29.2 Å². The van der Waals surface area contributed by atoms with Crippen LogP contribution in [0.4, 0.5) is 4.79 Å². The van der Waals surface area contributed by atoms with Gasteiger partial charge >= 0.3 is 6.09 Å². The number of hydrogen-bond donors (Lipinski definition) is 2. The minimum atomic E-state index is -0.888. The van der Waals surface area contributed by atoms with E-state index in [9.17, 15) is 9.90 Å². The van der Waals surface area contributed by atoms with Crippen molar-refractivity contribution < 1.29 is 24.1 Å². The number of aromatic amines is 1. The maximum absolute atomic E-state index is 11.3. The van der Waals surface area contributed by atoms with Crippen molar-refractivity contribution in [3.8, 4) is 28.5 Å². The molecular formula is C25H28N2O5. The zero-order valence-corrected chi connectivity index (χ0v) is 18.8. The summed E-state index contributed by atoms with van der Waals surface area (Å²) in [5.41, 5.74) is 6.38. The van der Waals surface area contributed by atoms with Crippen molar-refractivity contribution in [1.82, 2.24) is 9.88 Å². The Morgan fingerprint density at radius 3 is 2.41 bits per heavy atom. The lowest BCUT2D eigenvalue weighted by molar-refractivity contribution is 0.150. The van der Waals surface area contributed by atoms with Gasteiger partial charge in [0.25, 0.3) is 0 Å². The fourth-order valence-corrected chi connectivity index (χ4v) is 4.39. The maximum Gasteiger partial charge on any atom is 0.407 e. The lowest BCUT2D eigenvalue weighted by Gasteiger charge is -2.24. The van der Waals surface area contributed by atoms with Gasteiger partial charge in [-0.15, -0.1) is 0 Å². The number of aryl methyl sites for hydroxylation is 1. The highest BCUT2D eigenvalue weighted by atomic mass is 16.5. The Balaban J connectivity index is 1.83. The molecule has 0 unspecified atom stereocenters. The number of carbonyl (C=O) groups is 1. The number of nitrogens with one attached hydrogen (secondary N) is 1. The standard InChI is InChI=1S/C25H28N2O5/c1-5-17-19-13-18(15-8-10-27(11-9-15)25(28)29)22(31-3)14-20(19)26-24(17)16-6-7-21(30-2)23(12-16)32-4/h6-8,12-14,26H,5,9-11H2,1-4H3,(H,28,29). The molecule has 0 saturated heterocycles. The summed E-state index contributed by atoms with van der Waals surface area (Å²) in [6, 6.07) is 10.1. The first-order valence-corrected chi connectivity index (χ1v) is 10.6. The molecule has 0 spiro atoms. The van der Waals surface area contributed by atoms with Crippen molar-refractivity contribution in [1.29, 1.82) is 0 Å². The topological polar surface area (TPSA) is 84.0 Å². The molecule has 0 atom stereocenters. The molecule has 0 bridgehead atoms. The van der Waals surface area contributed by atoms with Crippen LogP contribution in [-0.4, -0.2) is 55.5 Å². The second-order valence-corrected chi connectivity index (χ2v) is 7.71. The molecule has 2 aromatic carbocycles. The molecule has 1 aromatic heterocycles. The van der Waals surface area contributed by atoms with Crippen LogP contribution in [0.25, 0.3) is 27.7 Å².